The minimum absolute atomic E-state index is 0.0867. The van der Waals surface area contributed by atoms with Gasteiger partial charge in [0.1, 0.15) is 5.70 Å². The number of likely N-dealkylation sites (N-methyl/N-ethyl adjacent to an activating group) is 2. The Morgan fingerprint density at radius 2 is 1.65 bits per heavy atom. The number of fused-ring (bicyclic) bond motifs is 1. The Morgan fingerprint density at radius 1 is 0.962 bits per heavy atom. The first-order valence-electron chi connectivity index (χ1n) is 8.59. The van der Waals surface area contributed by atoms with Crippen LogP contribution in [-0.2, 0) is 4.79 Å². The number of amides is 1. The Kier molecular flexibility index (Phi) is 4.09. The van der Waals surface area contributed by atoms with Gasteiger partial charge in [0.05, 0.1) is 5.70 Å². The first-order valence-corrected chi connectivity index (χ1v) is 9.00. The van der Waals surface area contributed by atoms with Gasteiger partial charge in [-0.05, 0) is 49.0 Å². The van der Waals surface area contributed by atoms with Gasteiger partial charge in [-0.15, -0.1) is 0 Å². The number of benzene rings is 2. The van der Waals surface area contributed by atoms with Crippen molar-refractivity contribution in [1.29, 1.82) is 0 Å². The zero-order valence-electron chi connectivity index (χ0n) is 14.7. The molecule has 2 aliphatic heterocycles. The molecule has 1 fully saturated rings. The van der Waals surface area contributed by atoms with Gasteiger partial charge in [-0.25, -0.2) is 0 Å². The van der Waals surface area contributed by atoms with Crippen molar-refractivity contribution in [3.8, 4) is 0 Å². The molecule has 2 aliphatic rings. The van der Waals surface area contributed by atoms with Gasteiger partial charge in [-0.1, -0.05) is 42.5 Å². The Labute approximate surface area is 158 Å². The highest BCUT2D eigenvalue weighted by Crippen LogP contribution is 2.36. The number of allylic oxidation sites excluding steroid dienone is 1. The van der Waals surface area contributed by atoms with E-state index in [-0.39, 0.29) is 5.91 Å². The van der Waals surface area contributed by atoms with E-state index in [9.17, 15) is 4.79 Å². The van der Waals surface area contributed by atoms with Crippen molar-refractivity contribution in [2.45, 2.75) is 6.92 Å². The number of anilines is 2. The smallest absolute Gasteiger partial charge is 0.279 e. The van der Waals surface area contributed by atoms with Crippen molar-refractivity contribution >= 4 is 40.7 Å². The molecule has 0 radical (unpaired) electrons. The molecule has 2 heterocycles. The molecular weight excluding hydrogens is 342 g/mol. The van der Waals surface area contributed by atoms with Gasteiger partial charge in [0.15, 0.2) is 5.11 Å². The number of rotatable bonds is 2. The van der Waals surface area contributed by atoms with Gasteiger partial charge in [0, 0.05) is 25.0 Å². The summed E-state index contributed by atoms with van der Waals surface area (Å²) < 4.78 is 0. The van der Waals surface area contributed by atoms with Crippen LogP contribution < -0.4 is 9.80 Å². The summed E-state index contributed by atoms with van der Waals surface area (Å²) in [6.45, 7) is 2.84. The fourth-order valence-electron chi connectivity index (χ4n) is 3.44. The van der Waals surface area contributed by atoms with E-state index in [0.29, 0.717) is 10.8 Å². The van der Waals surface area contributed by atoms with Crippen LogP contribution in [0.1, 0.15) is 12.5 Å². The SMILES string of the molecule is CCN1C(=C2C(=O)N(C)C(=S)N2c2ccccc2)C=Cc2ccccc21. The number of thiocarbonyl (C=S) groups is 1. The van der Waals surface area contributed by atoms with Gasteiger partial charge in [-0.2, -0.15) is 0 Å². The third-order valence-corrected chi connectivity index (χ3v) is 5.18. The van der Waals surface area contributed by atoms with Crippen molar-refractivity contribution in [2.24, 2.45) is 0 Å². The highest BCUT2D eigenvalue weighted by atomic mass is 32.1. The normalized spacial score (nSPS) is 19.4. The van der Waals surface area contributed by atoms with Crippen LogP contribution >= 0.6 is 12.2 Å². The fourth-order valence-corrected chi connectivity index (χ4v) is 3.72. The predicted octanol–water partition coefficient (Wildman–Crippen LogP) is 4.01. The van der Waals surface area contributed by atoms with Crippen LogP contribution in [0.5, 0.6) is 0 Å². The number of nitrogens with zero attached hydrogens (tertiary/aromatic N) is 3. The molecule has 130 valence electrons. The second kappa shape index (κ2) is 6.42. The van der Waals surface area contributed by atoms with E-state index in [0.717, 1.165) is 29.2 Å². The van der Waals surface area contributed by atoms with Crippen LogP contribution in [0.25, 0.3) is 6.08 Å². The lowest BCUT2D eigenvalue weighted by molar-refractivity contribution is -0.121. The van der Waals surface area contributed by atoms with Crippen molar-refractivity contribution in [1.82, 2.24) is 4.90 Å². The molecule has 2 aromatic rings. The molecule has 0 spiro atoms. The first-order chi connectivity index (χ1) is 12.6. The van der Waals surface area contributed by atoms with Crippen LogP contribution in [0.4, 0.5) is 11.4 Å². The zero-order valence-corrected chi connectivity index (χ0v) is 15.5. The number of carbonyl (C=O) groups is 1. The van der Waals surface area contributed by atoms with Crippen LogP contribution in [0.15, 0.2) is 72.1 Å². The molecule has 1 amide bonds. The molecule has 0 N–H and O–H groups in total. The summed E-state index contributed by atoms with van der Waals surface area (Å²) in [4.78, 5) is 18.6. The lowest BCUT2D eigenvalue weighted by Gasteiger charge is -2.31. The molecule has 0 unspecified atom stereocenters. The maximum Gasteiger partial charge on any atom is 0.279 e. The second-order valence-corrected chi connectivity index (χ2v) is 6.55. The van der Waals surface area contributed by atoms with E-state index in [1.54, 1.807) is 7.05 Å². The van der Waals surface area contributed by atoms with Crippen molar-refractivity contribution in [2.75, 3.05) is 23.4 Å². The average molecular weight is 361 g/mol. The van der Waals surface area contributed by atoms with E-state index >= 15 is 0 Å². The third kappa shape index (κ3) is 2.44. The lowest BCUT2D eigenvalue weighted by atomic mass is 10.0. The summed E-state index contributed by atoms with van der Waals surface area (Å²) in [5.41, 5.74) is 4.59. The molecule has 0 aromatic heterocycles. The Hall–Kier alpha value is -2.92. The van der Waals surface area contributed by atoms with Crippen LogP contribution in [0.3, 0.4) is 0 Å². The molecule has 4 rings (SSSR count). The molecule has 26 heavy (non-hydrogen) atoms. The molecule has 2 aromatic carbocycles. The topological polar surface area (TPSA) is 26.8 Å². The van der Waals surface area contributed by atoms with E-state index in [2.05, 4.69) is 30.0 Å². The standard InChI is InChI=1S/C21H19N3OS/c1-3-23-17-12-8-7-9-15(17)13-14-18(23)19-20(25)22(2)21(26)24(19)16-10-5-4-6-11-16/h4-14H,3H2,1-2H3. The van der Waals surface area contributed by atoms with Gasteiger partial charge < -0.3 is 4.90 Å². The van der Waals surface area contributed by atoms with Gasteiger partial charge in [0.2, 0.25) is 0 Å². The minimum atomic E-state index is -0.0867. The number of para-hydroxylation sites is 2. The average Bonchev–Trinajstić information content (AvgIpc) is 2.91. The molecule has 0 atom stereocenters. The number of hydrogen-bond acceptors (Lipinski definition) is 3. The van der Waals surface area contributed by atoms with Gasteiger partial charge >= 0.3 is 0 Å². The Morgan fingerprint density at radius 3 is 2.38 bits per heavy atom. The van der Waals surface area contributed by atoms with E-state index in [4.69, 9.17) is 12.2 Å². The quantitative estimate of drug-likeness (QED) is 0.596. The summed E-state index contributed by atoms with van der Waals surface area (Å²) in [6.07, 6.45) is 4.07. The molecular formula is C21H19N3OS. The number of hydrogen-bond donors (Lipinski definition) is 0. The molecule has 0 bridgehead atoms. The summed E-state index contributed by atoms with van der Waals surface area (Å²) in [5.74, 6) is -0.0867. The summed E-state index contributed by atoms with van der Waals surface area (Å²) in [5, 5.41) is 0.493. The molecule has 4 nitrogen and oxygen atoms in total. The first kappa shape index (κ1) is 16.5. The molecule has 0 saturated carbocycles. The highest BCUT2D eigenvalue weighted by molar-refractivity contribution is 7.80. The zero-order chi connectivity index (χ0) is 18.3. The van der Waals surface area contributed by atoms with E-state index in [1.807, 2.05) is 53.4 Å². The maximum atomic E-state index is 13.1. The fraction of sp³-hybridized carbons (Fsp3) is 0.143. The van der Waals surface area contributed by atoms with E-state index in [1.165, 1.54) is 4.90 Å². The summed E-state index contributed by atoms with van der Waals surface area (Å²) in [7, 11) is 1.73. The largest absolute Gasteiger partial charge is 0.339 e. The molecule has 1 saturated heterocycles. The molecule has 5 heteroatoms. The lowest BCUT2D eigenvalue weighted by Crippen LogP contribution is -2.31. The number of carbonyl (C=O) groups excluding carboxylic acids is 1. The van der Waals surface area contributed by atoms with E-state index < -0.39 is 0 Å². The molecule has 0 aliphatic carbocycles. The van der Waals surface area contributed by atoms with Crippen LogP contribution in [-0.4, -0.2) is 29.5 Å². The summed E-state index contributed by atoms with van der Waals surface area (Å²) in [6, 6.07) is 18.0. The predicted molar refractivity (Wildman–Crippen MR) is 110 cm³/mol. The second-order valence-electron chi connectivity index (χ2n) is 6.19. The minimum Gasteiger partial charge on any atom is -0.339 e. The Balaban J connectivity index is 1.93. The van der Waals surface area contributed by atoms with Gasteiger partial charge in [-0.3, -0.25) is 14.6 Å². The maximum absolute atomic E-state index is 13.1. The Bertz CT molecular complexity index is 949. The van der Waals surface area contributed by atoms with Crippen molar-refractivity contribution in [3.05, 3.63) is 77.6 Å². The highest BCUT2D eigenvalue weighted by Gasteiger charge is 2.40. The van der Waals surface area contributed by atoms with Crippen LogP contribution in [0.2, 0.25) is 0 Å². The summed E-state index contributed by atoms with van der Waals surface area (Å²) >= 11 is 5.58. The third-order valence-electron chi connectivity index (χ3n) is 4.72. The monoisotopic (exact) mass is 361 g/mol. The van der Waals surface area contributed by atoms with Gasteiger partial charge in [0.25, 0.3) is 5.91 Å². The van der Waals surface area contributed by atoms with Crippen LogP contribution in [0, 0.1) is 0 Å². The van der Waals surface area contributed by atoms with Crippen molar-refractivity contribution in [3.63, 3.8) is 0 Å². The van der Waals surface area contributed by atoms with Crippen molar-refractivity contribution < 1.29 is 4.79 Å².